The fourth-order valence-electron chi connectivity index (χ4n) is 3.33. The summed E-state index contributed by atoms with van der Waals surface area (Å²) in [4.78, 5) is 38.5. The summed E-state index contributed by atoms with van der Waals surface area (Å²) in [6.07, 6.45) is 0. The van der Waals surface area contributed by atoms with E-state index >= 15 is 0 Å². The highest BCUT2D eigenvalue weighted by molar-refractivity contribution is 8.01. The molecule has 1 aromatic carbocycles. The summed E-state index contributed by atoms with van der Waals surface area (Å²) in [7, 11) is 0. The molecular weight excluding hydrogens is 458 g/mol. The molecule has 12 heteroatoms. The second-order valence-corrected chi connectivity index (χ2v) is 10.4. The molecule has 3 atom stereocenters. The lowest BCUT2D eigenvalue weighted by Gasteiger charge is -2.49. The topological polar surface area (TPSA) is 139 Å². The maximum atomic E-state index is 12.8. The number of nitrogens with two attached hydrogens (primary N) is 1. The number of benzene rings is 1. The summed E-state index contributed by atoms with van der Waals surface area (Å²) < 4.78 is 0.747. The molecule has 2 amide bonds. The van der Waals surface area contributed by atoms with E-state index in [1.165, 1.54) is 39.8 Å². The highest BCUT2D eigenvalue weighted by Crippen LogP contribution is 2.41. The van der Waals surface area contributed by atoms with Crippen LogP contribution in [-0.2, 0) is 14.4 Å². The molecule has 162 valence electrons. The van der Waals surface area contributed by atoms with Gasteiger partial charge < -0.3 is 16.2 Å². The van der Waals surface area contributed by atoms with Gasteiger partial charge in [-0.3, -0.25) is 14.5 Å². The first kappa shape index (κ1) is 21.8. The second-order valence-electron chi connectivity index (χ2n) is 6.92. The van der Waals surface area contributed by atoms with Gasteiger partial charge in [-0.25, -0.2) is 4.79 Å². The zero-order chi connectivity index (χ0) is 22.1. The van der Waals surface area contributed by atoms with Gasteiger partial charge in [0.05, 0.1) is 0 Å². The molecule has 2 aromatic rings. The van der Waals surface area contributed by atoms with E-state index in [-0.39, 0.29) is 5.70 Å². The molecule has 0 aliphatic carbocycles. The van der Waals surface area contributed by atoms with Crippen LogP contribution in [0, 0.1) is 6.92 Å². The number of carboxylic acid groups (broad SMARTS) is 1. The van der Waals surface area contributed by atoms with Gasteiger partial charge in [0, 0.05) is 11.5 Å². The number of aliphatic carboxylic acids is 1. The summed E-state index contributed by atoms with van der Waals surface area (Å²) in [5.41, 5.74) is 7.28. The predicted molar refractivity (Wildman–Crippen MR) is 118 cm³/mol. The number of nitrogens with zero attached hydrogens (tertiary/aromatic N) is 3. The Balaban J connectivity index is 1.45. The van der Waals surface area contributed by atoms with Gasteiger partial charge in [0.25, 0.3) is 5.91 Å². The molecule has 0 saturated carbocycles. The van der Waals surface area contributed by atoms with Crippen molar-refractivity contribution in [2.45, 2.75) is 28.7 Å². The molecule has 0 spiro atoms. The van der Waals surface area contributed by atoms with Crippen molar-refractivity contribution in [1.29, 1.82) is 0 Å². The number of fused-ring (bicyclic) bond motifs is 1. The Kier molecular flexibility index (Phi) is 6.32. The van der Waals surface area contributed by atoms with Crippen LogP contribution in [-0.4, -0.2) is 60.9 Å². The van der Waals surface area contributed by atoms with Crippen LogP contribution in [0.25, 0.3) is 0 Å². The van der Waals surface area contributed by atoms with Crippen molar-refractivity contribution in [3.8, 4) is 0 Å². The highest BCUT2D eigenvalue weighted by atomic mass is 32.2. The van der Waals surface area contributed by atoms with Gasteiger partial charge in [-0.15, -0.1) is 22.0 Å². The van der Waals surface area contributed by atoms with E-state index in [1.807, 2.05) is 13.0 Å². The van der Waals surface area contributed by atoms with Gasteiger partial charge in [0.1, 0.15) is 28.2 Å². The minimum absolute atomic E-state index is 0.0136. The van der Waals surface area contributed by atoms with Crippen LogP contribution in [0.15, 0.2) is 45.9 Å². The lowest BCUT2D eigenvalue weighted by atomic mass is 10.0. The molecule has 1 saturated heterocycles. The summed E-state index contributed by atoms with van der Waals surface area (Å²) in [5, 5.41) is 20.8. The van der Waals surface area contributed by atoms with Gasteiger partial charge >= 0.3 is 5.97 Å². The molecule has 1 fully saturated rings. The maximum Gasteiger partial charge on any atom is 0.352 e. The molecule has 0 bridgehead atoms. The van der Waals surface area contributed by atoms with Crippen LogP contribution in [0.4, 0.5) is 0 Å². The number of nitrogens with one attached hydrogen (secondary N) is 1. The van der Waals surface area contributed by atoms with Crippen molar-refractivity contribution < 1.29 is 19.5 Å². The number of carbonyl (C=O) groups excluding carboxylic acids is 2. The predicted octanol–water partition coefficient (Wildman–Crippen LogP) is 1.38. The van der Waals surface area contributed by atoms with E-state index in [4.69, 9.17) is 5.73 Å². The van der Waals surface area contributed by atoms with Gasteiger partial charge in [-0.05, 0) is 18.1 Å². The standard InChI is InChI=1S/C19H19N5O4S3/c1-9-22-23-19(31-9)30-8-11-7-29-17-13(16(26)24(17)14(11)18(27)28)21-15(25)12(20)10-5-3-2-4-6-10/h2-6,12-13,17H,7-8,20H2,1H3,(H,21,25)(H,27,28)/t12-,13?,17-/m0/s1. The number of carbonyl (C=O) groups is 3. The lowest BCUT2D eigenvalue weighted by molar-refractivity contribution is -0.150. The minimum Gasteiger partial charge on any atom is -0.477 e. The first-order chi connectivity index (χ1) is 14.9. The third-order valence-electron chi connectivity index (χ3n) is 4.87. The third kappa shape index (κ3) is 4.33. The average Bonchev–Trinajstić information content (AvgIpc) is 3.20. The Morgan fingerprint density at radius 1 is 1.35 bits per heavy atom. The average molecular weight is 478 g/mol. The number of hydrogen-bond donors (Lipinski definition) is 3. The summed E-state index contributed by atoms with van der Waals surface area (Å²) in [6, 6.07) is 7.15. The summed E-state index contributed by atoms with van der Waals surface area (Å²) >= 11 is 4.26. The maximum absolute atomic E-state index is 12.8. The smallest absolute Gasteiger partial charge is 0.352 e. The monoisotopic (exact) mass is 477 g/mol. The molecule has 9 nitrogen and oxygen atoms in total. The van der Waals surface area contributed by atoms with Crippen molar-refractivity contribution in [2.24, 2.45) is 5.73 Å². The Morgan fingerprint density at radius 3 is 2.74 bits per heavy atom. The van der Waals surface area contributed by atoms with E-state index < -0.39 is 35.2 Å². The summed E-state index contributed by atoms with van der Waals surface area (Å²) in [5.74, 6) is -1.24. The van der Waals surface area contributed by atoms with E-state index in [1.54, 1.807) is 24.3 Å². The Hall–Kier alpha value is -2.41. The van der Waals surface area contributed by atoms with Gasteiger partial charge in [-0.2, -0.15) is 0 Å². The number of hydrogen-bond acceptors (Lipinski definition) is 9. The fourth-order valence-corrected chi connectivity index (χ4v) is 6.64. The number of amides is 2. The molecule has 4 rings (SSSR count). The molecule has 1 unspecified atom stereocenters. The number of rotatable bonds is 7. The Labute approximate surface area is 190 Å². The first-order valence-electron chi connectivity index (χ1n) is 9.30. The fraction of sp³-hybridized carbons (Fsp3) is 0.316. The highest BCUT2D eigenvalue weighted by Gasteiger charge is 2.54. The van der Waals surface area contributed by atoms with Crippen LogP contribution in [0.3, 0.4) is 0 Å². The molecule has 31 heavy (non-hydrogen) atoms. The number of β-lactam (4-membered cyclic amide) rings is 1. The number of aryl methyl sites for hydroxylation is 1. The van der Waals surface area contributed by atoms with Crippen LogP contribution in [0.1, 0.15) is 16.6 Å². The third-order valence-corrected chi connectivity index (χ3v) is 8.26. The zero-order valence-corrected chi connectivity index (χ0v) is 18.8. The van der Waals surface area contributed by atoms with Crippen LogP contribution in [0.2, 0.25) is 0 Å². The second kappa shape index (κ2) is 8.99. The van der Waals surface area contributed by atoms with Crippen molar-refractivity contribution in [2.75, 3.05) is 11.5 Å². The molecule has 0 radical (unpaired) electrons. The summed E-state index contributed by atoms with van der Waals surface area (Å²) in [6.45, 7) is 1.85. The SMILES string of the molecule is Cc1nnc(SCC2=C(C(=O)O)N3C(=O)C(NC(=O)[C@@H](N)c4ccccc4)[C@@H]3SC2)s1. The van der Waals surface area contributed by atoms with E-state index in [0.717, 1.165) is 9.35 Å². The molecule has 2 aliphatic rings. The van der Waals surface area contributed by atoms with Crippen LogP contribution in [0.5, 0.6) is 0 Å². The Bertz CT molecular complexity index is 1060. The van der Waals surface area contributed by atoms with Crippen molar-refractivity contribution in [3.63, 3.8) is 0 Å². The van der Waals surface area contributed by atoms with Crippen LogP contribution >= 0.6 is 34.9 Å². The van der Waals surface area contributed by atoms with E-state index in [9.17, 15) is 19.5 Å². The van der Waals surface area contributed by atoms with E-state index in [2.05, 4.69) is 15.5 Å². The molecular formula is C19H19N5O4S3. The number of thioether (sulfide) groups is 2. The van der Waals surface area contributed by atoms with Crippen molar-refractivity contribution >= 4 is 52.6 Å². The zero-order valence-electron chi connectivity index (χ0n) is 16.3. The lowest BCUT2D eigenvalue weighted by Crippen LogP contribution is -2.71. The van der Waals surface area contributed by atoms with Gasteiger partial charge in [0.15, 0.2) is 4.34 Å². The van der Waals surface area contributed by atoms with Crippen LogP contribution < -0.4 is 11.1 Å². The number of aromatic nitrogens is 2. The van der Waals surface area contributed by atoms with Gasteiger partial charge in [0.2, 0.25) is 5.91 Å². The molecule has 2 aliphatic heterocycles. The van der Waals surface area contributed by atoms with Crippen molar-refractivity contribution in [1.82, 2.24) is 20.4 Å². The largest absolute Gasteiger partial charge is 0.477 e. The molecule has 3 heterocycles. The number of carboxylic acids is 1. The quantitative estimate of drug-likeness (QED) is 0.399. The molecule has 1 aromatic heterocycles. The first-order valence-corrected chi connectivity index (χ1v) is 12.2. The minimum atomic E-state index is -1.16. The van der Waals surface area contributed by atoms with Gasteiger partial charge in [-0.1, -0.05) is 53.4 Å². The molecule has 4 N–H and O–H groups in total. The van der Waals surface area contributed by atoms with Crippen molar-refractivity contribution in [3.05, 3.63) is 52.2 Å². The Morgan fingerprint density at radius 2 is 2.10 bits per heavy atom. The normalized spacial score (nSPS) is 21.4. The van der Waals surface area contributed by atoms with E-state index in [0.29, 0.717) is 22.6 Å².